The van der Waals surface area contributed by atoms with Gasteiger partial charge in [-0.15, -0.1) is 0 Å². The maximum Gasteiger partial charge on any atom is 0.239 e. The smallest absolute Gasteiger partial charge is 0.239 e. The number of carbonyl (C=O) groups excluding carboxylic acids is 1. The minimum atomic E-state index is -1.48. The van der Waals surface area contributed by atoms with Gasteiger partial charge in [0.25, 0.3) is 0 Å². The maximum atomic E-state index is 13.3. The predicted molar refractivity (Wildman–Crippen MR) is 99.9 cm³/mol. The number of carbonyl (C=O) groups is 1. The Hall–Kier alpha value is -2.67. The van der Waals surface area contributed by atoms with Crippen LogP contribution < -0.4 is 5.32 Å². The van der Waals surface area contributed by atoms with Crippen LogP contribution in [0, 0.1) is 28.1 Å². The number of amides is 1. The fourth-order valence-corrected chi connectivity index (χ4v) is 4.81. The monoisotopic (exact) mass is 406 g/mol. The lowest BCUT2D eigenvalue weighted by atomic mass is 9.59. The summed E-state index contributed by atoms with van der Waals surface area (Å²) in [5.41, 5.74) is -0.476. The van der Waals surface area contributed by atoms with Gasteiger partial charge in [-0.25, -0.2) is 0 Å². The molecule has 26 heavy (non-hydrogen) atoms. The van der Waals surface area contributed by atoms with Crippen molar-refractivity contribution in [2.45, 2.75) is 11.5 Å². The van der Waals surface area contributed by atoms with Crippen LogP contribution in [0.4, 0.5) is 5.69 Å². The summed E-state index contributed by atoms with van der Waals surface area (Å²) < 4.78 is 0.930. The number of nitrogens with zero attached hydrogens (tertiary/aromatic N) is 3. The molecule has 128 valence electrons. The Morgan fingerprint density at radius 1 is 1.15 bits per heavy atom. The van der Waals surface area contributed by atoms with Gasteiger partial charge < -0.3 is 5.32 Å². The van der Waals surface area contributed by atoms with Crippen molar-refractivity contribution in [3.05, 3.63) is 64.1 Å². The zero-order chi connectivity index (χ0) is 18.5. The molecule has 2 heterocycles. The molecule has 0 bridgehead atoms. The number of benzene rings is 2. The van der Waals surface area contributed by atoms with E-state index in [2.05, 4.69) is 33.4 Å². The van der Waals surface area contributed by atoms with Gasteiger partial charge in [-0.05, 0) is 36.4 Å². The molecular formula is C20H15BrN4O. The van der Waals surface area contributed by atoms with E-state index in [0.29, 0.717) is 11.3 Å². The van der Waals surface area contributed by atoms with Crippen molar-refractivity contribution >= 4 is 27.5 Å². The molecule has 5 nitrogen and oxygen atoms in total. The van der Waals surface area contributed by atoms with Gasteiger partial charge in [-0.1, -0.05) is 46.3 Å². The molecule has 1 saturated heterocycles. The number of nitrogens with one attached hydrogen (secondary N) is 1. The molecule has 0 aliphatic carbocycles. The number of hydrogen-bond acceptors (Lipinski definition) is 4. The van der Waals surface area contributed by atoms with Crippen LogP contribution in [0.15, 0.2) is 53.0 Å². The highest BCUT2D eigenvalue weighted by atomic mass is 79.9. The molecular weight excluding hydrogens is 392 g/mol. The van der Waals surface area contributed by atoms with Gasteiger partial charge in [-0.2, -0.15) is 10.5 Å². The van der Waals surface area contributed by atoms with Crippen LogP contribution in [0.2, 0.25) is 0 Å². The second-order valence-corrected chi connectivity index (χ2v) is 7.72. The summed E-state index contributed by atoms with van der Waals surface area (Å²) in [6, 6.07) is 19.0. The largest absolute Gasteiger partial charge is 0.325 e. The third-order valence-corrected chi connectivity index (χ3v) is 6.07. The second-order valence-electron chi connectivity index (χ2n) is 6.81. The fraction of sp³-hybridized carbons (Fsp3) is 0.250. The molecule has 0 saturated carbocycles. The van der Waals surface area contributed by atoms with E-state index in [1.807, 2.05) is 60.5 Å². The van der Waals surface area contributed by atoms with Gasteiger partial charge in [-0.3, -0.25) is 9.69 Å². The number of anilines is 1. The van der Waals surface area contributed by atoms with Crippen molar-refractivity contribution in [1.82, 2.24) is 4.90 Å². The summed E-state index contributed by atoms with van der Waals surface area (Å²) in [6.07, 6.45) is 0. The van der Waals surface area contributed by atoms with Gasteiger partial charge in [0.05, 0.1) is 18.2 Å². The second kappa shape index (κ2) is 5.67. The van der Waals surface area contributed by atoms with E-state index in [0.717, 1.165) is 10.0 Å². The Kier molecular flexibility index (Phi) is 3.66. The highest BCUT2D eigenvalue weighted by Crippen LogP contribution is 2.61. The molecule has 1 amide bonds. The zero-order valence-electron chi connectivity index (χ0n) is 14.0. The third-order valence-electron chi connectivity index (χ3n) is 5.54. The Morgan fingerprint density at radius 3 is 2.46 bits per heavy atom. The Bertz CT molecular complexity index is 974. The Morgan fingerprint density at radius 2 is 1.81 bits per heavy atom. The lowest BCUT2D eigenvalue weighted by molar-refractivity contribution is -0.123. The van der Waals surface area contributed by atoms with Crippen molar-refractivity contribution in [3.8, 4) is 12.1 Å². The molecule has 2 aliphatic heterocycles. The van der Waals surface area contributed by atoms with Gasteiger partial charge >= 0.3 is 0 Å². The average molecular weight is 407 g/mol. The van der Waals surface area contributed by atoms with Crippen LogP contribution in [0.3, 0.4) is 0 Å². The van der Waals surface area contributed by atoms with Crippen molar-refractivity contribution in [1.29, 1.82) is 10.5 Å². The number of fused-ring (bicyclic) bond motifs is 2. The normalized spacial score (nSPS) is 26.2. The minimum absolute atomic E-state index is 0.197. The third kappa shape index (κ3) is 1.89. The van der Waals surface area contributed by atoms with Crippen molar-refractivity contribution in [2.24, 2.45) is 5.41 Å². The molecule has 4 rings (SSSR count). The van der Waals surface area contributed by atoms with Gasteiger partial charge in [0.2, 0.25) is 5.91 Å². The summed E-state index contributed by atoms with van der Waals surface area (Å²) in [7, 11) is 1.86. The summed E-state index contributed by atoms with van der Waals surface area (Å²) in [4.78, 5) is 15.3. The molecule has 1 N–H and O–H groups in total. The minimum Gasteiger partial charge on any atom is -0.325 e. The molecule has 2 aliphatic rings. The molecule has 1 fully saturated rings. The zero-order valence-corrected chi connectivity index (χ0v) is 15.6. The molecule has 0 unspecified atom stereocenters. The fourth-order valence-electron chi connectivity index (χ4n) is 4.55. The standard InChI is InChI=1S/C20H15BrN4O/c1-25-12-19(10-22,11-23)20(17(25)13-6-8-14(21)9-7-13)15-4-2-3-5-16(15)24-18(20)26/h2-9,17H,12H2,1H3,(H,24,26)/t17-,20-/m0/s1. The summed E-state index contributed by atoms with van der Waals surface area (Å²) in [5.74, 6) is -0.293. The van der Waals surface area contributed by atoms with Crippen LogP contribution in [-0.2, 0) is 10.2 Å². The molecule has 2 aromatic rings. The van der Waals surface area contributed by atoms with Crippen LogP contribution in [-0.4, -0.2) is 24.4 Å². The molecule has 2 aromatic carbocycles. The molecule has 0 radical (unpaired) electrons. The van der Waals surface area contributed by atoms with Crippen molar-refractivity contribution in [3.63, 3.8) is 0 Å². The van der Waals surface area contributed by atoms with E-state index >= 15 is 0 Å². The number of hydrogen-bond donors (Lipinski definition) is 1. The van der Waals surface area contributed by atoms with Crippen LogP contribution in [0.25, 0.3) is 0 Å². The van der Waals surface area contributed by atoms with Crippen molar-refractivity contribution in [2.75, 3.05) is 18.9 Å². The molecule has 0 aromatic heterocycles. The topological polar surface area (TPSA) is 79.9 Å². The van der Waals surface area contributed by atoms with E-state index in [1.165, 1.54) is 0 Å². The number of nitriles is 2. The van der Waals surface area contributed by atoms with E-state index < -0.39 is 16.9 Å². The first-order valence-corrected chi connectivity index (χ1v) is 8.98. The first kappa shape index (κ1) is 16.8. The molecule has 1 spiro atoms. The molecule has 6 heteroatoms. The number of rotatable bonds is 1. The summed E-state index contributed by atoms with van der Waals surface area (Å²) >= 11 is 3.43. The average Bonchev–Trinajstić information content (AvgIpc) is 3.09. The SMILES string of the molecule is CN1CC(C#N)(C#N)[C@]2(C(=O)Nc3ccccc32)[C@@H]1c1ccc(Br)cc1. The van der Waals surface area contributed by atoms with Gasteiger partial charge in [0, 0.05) is 16.7 Å². The maximum absolute atomic E-state index is 13.3. The van der Waals surface area contributed by atoms with Gasteiger partial charge in [0.1, 0.15) is 5.41 Å². The molecule has 2 atom stereocenters. The number of likely N-dealkylation sites (N-methyl/N-ethyl adjacent to an activating group) is 1. The highest BCUT2D eigenvalue weighted by Gasteiger charge is 2.71. The van der Waals surface area contributed by atoms with E-state index in [-0.39, 0.29) is 12.5 Å². The first-order chi connectivity index (χ1) is 12.5. The number of para-hydroxylation sites is 1. The van der Waals surface area contributed by atoms with Crippen molar-refractivity contribution < 1.29 is 4.79 Å². The quantitative estimate of drug-likeness (QED) is 0.786. The summed E-state index contributed by atoms with van der Waals surface area (Å²) in [5, 5.41) is 23.0. The lowest BCUT2D eigenvalue weighted by Gasteiger charge is -2.36. The Labute approximate surface area is 160 Å². The summed E-state index contributed by atoms with van der Waals surface area (Å²) in [6.45, 7) is 0.197. The lowest BCUT2D eigenvalue weighted by Crippen LogP contribution is -2.50. The van der Waals surface area contributed by atoms with E-state index in [4.69, 9.17) is 0 Å². The van der Waals surface area contributed by atoms with Gasteiger partial charge in [0.15, 0.2) is 5.41 Å². The number of halogens is 1. The van der Waals surface area contributed by atoms with E-state index in [1.54, 1.807) is 0 Å². The van der Waals surface area contributed by atoms with Crippen LogP contribution >= 0.6 is 15.9 Å². The van der Waals surface area contributed by atoms with E-state index in [9.17, 15) is 15.3 Å². The van der Waals surface area contributed by atoms with Crippen LogP contribution in [0.5, 0.6) is 0 Å². The Balaban J connectivity index is 2.06. The highest BCUT2D eigenvalue weighted by molar-refractivity contribution is 9.10. The number of likely N-dealkylation sites (tertiary alicyclic amines) is 1. The first-order valence-electron chi connectivity index (χ1n) is 8.19. The predicted octanol–water partition coefficient (Wildman–Crippen LogP) is 3.36. The van der Waals surface area contributed by atoms with Crippen LogP contribution in [0.1, 0.15) is 17.2 Å².